The second kappa shape index (κ2) is 6.67. The Morgan fingerprint density at radius 2 is 1.47 bits per heavy atom. The Morgan fingerprint density at radius 3 is 2.16 bits per heavy atom. The van der Waals surface area contributed by atoms with Gasteiger partial charge in [-0.15, -0.1) is 0 Å². The van der Waals surface area contributed by atoms with Crippen LogP contribution in [0.3, 0.4) is 0 Å². The third kappa shape index (κ3) is 2.52. The maximum Gasteiger partial charge on any atom is 0.506 e. The van der Waals surface area contributed by atoms with Crippen molar-refractivity contribution in [3.63, 3.8) is 0 Å². The van der Waals surface area contributed by atoms with Crippen LogP contribution in [-0.2, 0) is 4.74 Å². The minimum atomic E-state index is -1.14. The lowest BCUT2D eigenvalue weighted by atomic mass is 9.32. The van der Waals surface area contributed by atoms with E-state index in [1.807, 2.05) is 0 Å². The van der Waals surface area contributed by atoms with Gasteiger partial charge in [0.1, 0.15) is 5.60 Å². The highest BCUT2D eigenvalue weighted by Crippen LogP contribution is 2.76. The summed E-state index contributed by atoms with van der Waals surface area (Å²) in [6.07, 6.45) is 11.1. The van der Waals surface area contributed by atoms with Gasteiger partial charge in [-0.25, -0.2) is 4.79 Å². The number of ether oxygens (including phenoxy) is 1. The monoisotopic (exact) mass is 445 g/mol. The molecule has 0 aromatic rings. The summed E-state index contributed by atoms with van der Waals surface area (Å²) in [4.78, 5) is 11.7. The van der Waals surface area contributed by atoms with Gasteiger partial charge in [-0.1, -0.05) is 41.5 Å². The molecule has 0 aromatic carbocycles. The first-order valence-corrected chi connectivity index (χ1v) is 13.5. The number of hydrogen-bond donors (Lipinski definition) is 2. The van der Waals surface area contributed by atoms with E-state index in [4.69, 9.17) is 10.5 Å². The summed E-state index contributed by atoms with van der Waals surface area (Å²) in [5.74, 6) is 2.68. The lowest BCUT2D eigenvalue weighted by molar-refractivity contribution is -0.251. The number of hydrogen-bond acceptors (Lipinski definition) is 3. The van der Waals surface area contributed by atoms with E-state index in [0.29, 0.717) is 16.7 Å². The molecule has 5 rings (SSSR count). The van der Waals surface area contributed by atoms with E-state index in [0.717, 1.165) is 56.3 Å². The van der Waals surface area contributed by atoms with E-state index in [9.17, 15) is 9.90 Å². The van der Waals surface area contributed by atoms with E-state index < -0.39 is 17.3 Å². The van der Waals surface area contributed by atoms with Crippen molar-refractivity contribution in [3.05, 3.63) is 0 Å². The molecule has 0 saturated heterocycles. The van der Waals surface area contributed by atoms with Crippen LogP contribution < -0.4 is 5.73 Å². The zero-order valence-corrected chi connectivity index (χ0v) is 21.4. The van der Waals surface area contributed by atoms with E-state index in [2.05, 4.69) is 41.5 Å². The predicted octanol–water partition coefficient (Wildman–Crippen LogP) is 7.01. The summed E-state index contributed by atoms with van der Waals surface area (Å²) >= 11 is 0. The van der Waals surface area contributed by atoms with Crippen LogP contribution in [0, 0.1) is 45.3 Å². The number of nitrogens with two attached hydrogens (primary N) is 1. The fourth-order valence-corrected chi connectivity index (χ4v) is 11.2. The molecule has 5 saturated carbocycles. The molecular weight excluding hydrogens is 398 g/mol. The minimum Gasteiger partial charge on any atom is -0.450 e. The number of rotatable bonds is 1. The summed E-state index contributed by atoms with van der Waals surface area (Å²) in [5, 5.41) is 9.58. The summed E-state index contributed by atoms with van der Waals surface area (Å²) in [6, 6.07) is 0. The molecular formula is C28H47NO3. The molecule has 9 atom stereocenters. The van der Waals surface area contributed by atoms with Crippen LogP contribution in [0.15, 0.2) is 0 Å². The Morgan fingerprint density at radius 1 is 0.812 bits per heavy atom. The van der Waals surface area contributed by atoms with Crippen molar-refractivity contribution in [2.45, 2.75) is 123 Å². The molecule has 0 amide bonds. The van der Waals surface area contributed by atoms with Gasteiger partial charge in [0.2, 0.25) is 0 Å². The van der Waals surface area contributed by atoms with E-state index in [1.165, 1.54) is 32.1 Å². The van der Waals surface area contributed by atoms with Crippen molar-refractivity contribution >= 4 is 6.16 Å². The predicted molar refractivity (Wildman–Crippen MR) is 127 cm³/mol. The molecule has 182 valence electrons. The average Bonchev–Trinajstić information content (AvgIpc) is 3.02. The van der Waals surface area contributed by atoms with Crippen LogP contribution >= 0.6 is 0 Å². The minimum absolute atomic E-state index is 0.154. The molecule has 2 unspecified atom stereocenters. The third-order valence-corrected chi connectivity index (χ3v) is 13.4. The second-order valence-electron chi connectivity index (χ2n) is 14.1. The van der Waals surface area contributed by atoms with Crippen molar-refractivity contribution in [1.29, 1.82) is 0 Å². The Balaban J connectivity index is 1.54. The maximum absolute atomic E-state index is 11.7. The van der Waals surface area contributed by atoms with Crippen molar-refractivity contribution in [2.24, 2.45) is 51.1 Å². The Bertz CT molecular complexity index is 810. The zero-order valence-electron chi connectivity index (χ0n) is 21.4. The first-order chi connectivity index (χ1) is 14.8. The van der Waals surface area contributed by atoms with Crippen molar-refractivity contribution in [2.75, 3.05) is 0 Å². The molecule has 0 spiro atoms. The Kier molecular flexibility index (Phi) is 4.79. The normalized spacial score (nSPS) is 56.3. The first kappa shape index (κ1) is 23.0. The van der Waals surface area contributed by atoms with Gasteiger partial charge in [-0.2, -0.15) is 0 Å². The quantitative estimate of drug-likeness (QED) is 0.426. The molecule has 3 N–H and O–H groups in total. The van der Waals surface area contributed by atoms with Gasteiger partial charge in [-0.05, 0) is 116 Å². The van der Waals surface area contributed by atoms with Crippen LogP contribution in [-0.4, -0.2) is 22.4 Å². The molecule has 0 heterocycles. The summed E-state index contributed by atoms with van der Waals surface area (Å²) in [6.45, 7) is 15.4. The highest BCUT2D eigenvalue weighted by Gasteiger charge is 2.73. The average molecular weight is 446 g/mol. The van der Waals surface area contributed by atoms with Crippen molar-refractivity contribution in [3.8, 4) is 0 Å². The fraction of sp³-hybridized carbons (Fsp3) is 0.964. The van der Waals surface area contributed by atoms with Gasteiger partial charge in [-0.3, -0.25) is 0 Å². The lowest BCUT2D eigenvalue weighted by Gasteiger charge is -2.73. The molecule has 5 fully saturated rings. The summed E-state index contributed by atoms with van der Waals surface area (Å²) in [5.41, 5.74) is 7.36. The van der Waals surface area contributed by atoms with Gasteiger partial charge in [0.15, 0.2) is 0 Å². The van der Waals surface area contributed by atoms with Gasteiger partial charge in [0, 0.05) is 0 Å². The summed E-state index contributed by atoms with van der Waals surface area (Å²) < 4.78 is 5.71. The van der Waals surface area contributed by atoms with Gasteiger partial charge in [0.05, 0.1) is 5.54 Å². The lowest BCUT2D eigenvalue weighted by Crippen LogP contribution is -2.74. The Hall–Kier alpha value is -0.770. The smallest absolute Gasteiger partial charge is 0.450 e. The van der Waals surface area contributed by atoms with Gasteiger partial charge < -0.3 is 15.6 Å². The van der Waals surface area contributed by atoms with Crippen molar-refractivity contribution < 1.29 is 14.6 Å². The molecule has 0 aromatic heterocycles. The molecule has 32 heavy (non-hydrogen) atoms. The SMILES string of the molecule is C[C@H]1CC[C@@]2(C)C(CC[C@]3(C)C2CC[C@H]2[C@@]3(C)CC[C@@]3(OC(=O)O)CCC[C@]23N)C1(C)C. The first-order valence-electron chi connectivity index (χ1n) is 13.5. The van der Waals surface area contributed by atoms with Crippen LogP contribution in [0.4, 0.5) is 4.79 Å². The molecule has 4 heteroatoms. The van der Waals surface area contributed by atoms with Crippen LogP contribution in [0.5, 0.6) is 0 Å². The van der Waals surface area contributed by atoms with Gasteiger partial charge in [0.25, 0.3) is 0 Å². The summed E-state index contributed by atoms with van der Waals surface area (Å²) in [7, 11) is 0. The molecule has 0 aliphatic heterocycles. The van der Waals surface area contributed by atoms with E-state index in [1.54, 1.807) is 0 Å². The van der Waals surface area contributed by atoms with E-state index >= 15 is 0 Å². The standard InChI is InChI=1S/C28H47NO3/c1-18-10-14-24(4)19(23(18,2)3)11-15-25(5)20(24)8-9-21-26(25,6)16-17-27(32-22(30)31)12-7-13-28(21,27)29/h18-21H,7-17,29H2,1-6H3,(H,30,31)/t18-,19?,20?,21-,24-,25+,26+,27-,28-/m0/s1. The fourth-order valence-electron chi connectivity index (χ4n) is 11.2. The maximum atomic E-state index is 11.7. The van der Waals surface area contributed by atoms with Gasteiger partial charge >= 0.3 is 6.16 Å². The topological polar surface area (TPSA) is 72.5 Å². The van der Waals surface area contributed by atoms with E-state index in [-0.39, 0.29) is 10.8 Å². The van der Waals surface area contributed by atoms with Crippen LogP contribution in [0.1, 0.15) is 112 Å². The largest absolute Gasteiger partial charge is 0.506 e. The van der Waals surface area contributed by atoms with Crippen LogP contribution in [0.2, 0.25) is 0 Å². The molecule has 5 aliphatic rings. The molecule has 0 radical (unpaired) electrons. The molecule has 5 aliphatic carbocycles. The molecule has 0 bridgehead atoms. The van der Waals surface area contributed by atoms with Crippen LogP contribution in [0.25, 0.3) is 0 Å². The number of carbonyl (C=O) groups is 1. The Labute approximate surface area is 195 Å². The van der Waals surface area contributed by atoms with Crippen molar-refractivity contribution in [1.82, 2.24) is 0 Å². The third-order valence-electron chi connectivity index (χ3n) is 13.4. The molecule has 4 nitrogen and oxygen atoms in total. The highest BCUT2D eigenvalue weighted by molar-refractivity contribution is 5.58. The second-order valence-corrected chi connectivity index (χ2v) is 14.1. The number of fused-ring (bicyclic) bond motifs is 7. The zero-order chi connectivity index (χ0) is 23.4. The highest BCUT2D eigenvalue weighted by atomic mass is 16.7. The number of carboxylic acid groups (broad SMARTS) is 1.